The van der Waals surface area contributed by atoms with E-state index < -0.39 is 5.97 Å². The predicted molar refractivity (Wildman–Crippen MR) is 73.7 cm³/mol. The van der Waals surface area contributed by atoms with E-state index >= 15 is 0 Å². The lowest BCUT2D eigenvalue weighted by atomic mass is 10.2. The van der Waals surface area contributed by atoms with Gasteiger partial charge in [-0.3, -0.25) is 0 Å². The van der Waals surface area contributed by atoms with Gasteiger partial charge in [0.25, 0.3) is 0 Å². The second kappa shape index (κ2) is 7.62. The number of esters is 1. The summed E-state index contributed by atoms with van der Waals surface area (Å²) >= 11 is 5.07. The molecule has 0 saturated carbocycles. The average molecular weight is 268 g/mol. The third kappa shape index (κ3) is 4.68. The smallest absolute Gasteiger partial charge is 0.337 e. The highest BCUT2D eigenvalue weighted by atomic mass is 32.1. The van der Waals surface area contributed by atoms with Gasteiger partial charge in [0.15, 0.2) is 5.11 Å². The highest BCUT2D eigenvalue weighted by Gasteiger charge is 2.05. The fourth-order valence-corrected chi connectivity index (χ4v) is 1.52. The van der Waals surface area contributed by atoms with Gasteiger partial charge >= 0.3 is 5.97 Å². The summed E-state index contributed by atoms with van der Waals surface area (Å²) in [6, 6.07) is 6.86. The molecule has 0 bridgehead atoms. The van der Waals surface area contributed by atoms with E-state index in [1.165, 1.54) is 7.11 Å². The van der Waals surface area contributed by atoms with E-state index in [1.54, 1.807) is 24.3 Å². The number of aliphatic hydroxyl groups is 1. The third-order valence-electron chi connectivity index (χ3n) is 2.16. The molecule has 6 heteroatoms. The normalized spacial score (nSPS) is 9.67. The molecule has 1 aromatic rings. The predicted octanol–water partition coefficient (Wildman–Crippen LogP) is 1.14. The van der Waals surface area contributed by atoms with Crippen molar-refractivity contribution >= 4 is 29.0 Å². The molecule has 0 atom stereocenters. The van der Waals surface area contributed by atoms with Gasteiger partial charge in [-0.05, 0) is 36.8 Å². The van der Waals surface area contributed by atoms with E-state index in [0.717, 1.165) is 0 Å². The Morgan fingerprint density at radius 3 is 2.94 bits per heavy atom. The first-order chi connectivity index (χ1) is 8.67. The molecular weight excluding hydrogens is 252 g/mol. The molecule has 5 nitrogen and oxygen atoms in total. The topological polar surface area (TPSA) is 70.6 Å². The lowest BCUT2D eigenvalue weighted by molar-refractivity contribution is 0.0601. The van der Waals surface area contributed by atoms with Gasteiger partial charge in [0.05, 0.1) is 12.7 Å². The highest BCUT2D eigenvalue weighted by Crippen LogP contribution is 2.11. The second-order valence-electron chi connectivity index (χ2n) is 3.53. The summed E-state index contributed by atoms with van der Waals surface area (Å²) in [5.74, 6) is -0.391. The number of benzene rings is 1. The minimum absolute atomic E-state index is 0.118. The van der Waals surface area contributed by atoms with Crippen LogP contribution in [-0.2, 0) is 4.74 Å². The van der Waals surface area contributed by atoms with E-state index in [9.17, 15) is 4.79 Å². The van der Waals surface area contributed by atoms with Crippen LogP contribution in [0.15, 0.2) is 24.3 Å². The quantitative estimate of drug-likeness (QED) is 0.423. The third-order valence-corrected chi connectivity index (χ3v) is 2.41. The highest BCUT2D eigenvalue weighted by molar-refractivity contribution is 7.80. The number of thiocarbonyl (C=S) groups is 1. The fourth-order valence-electron chi connectivity index (χ4n) is 1.30. The summed E-state index contributed by atoms with van der Waals surface area (Å²) < 4.78 is 4.63. The molecule has 1 rings (SSSR count). The maximum atomic E-state index is 11.3. The molecule has 98 valence electrons. The largest absolute Gasteiger partial charge is 0.465 e. The van der Waals surface area contributed by atoms with Gasteiger partial charge in [-0.1, -0.05) is 6.07 Å². The average Bonchev–Trinajstić information content (AvgIpc) is 2.38. The van der Waals surface area contributed by atoms with Crippen LogP contribution in [0.3, 0.4) is 0 Å². The van der Waals surface area contributed by atoms with Gasteiger partial charge in [-0.2, -0.15) is 0 Å². The van der Waals surface area contributed by atoms with Crippen molar-refractivity contribution in [2.75, 3.05) is 25.6 Å². The number of hydrogen-bond donors (Lipinski definition) is 3. The monoisotopic (exact) mass is 268 g/mol. The van der Waals surface area contributed by atoms with Crippen molar-refractivity contribution < 1.29 is 14.6 Å². The molecule has 0 fully saturated rings. The number of anilines is 1. The van der Waals surface area contributed by atoms with Crippen LogP contribution < -0.4 is 10.6 Å². The van der Waals surface area contributed by atoms with Crippen molar-refractivity contribution in [1.82, 2.24) is 5.32 Å². The zero-order valence-electron chi connectivity index (χ0n) is 10.1. The molecule has 0 aliphatic heterocycles. The van der Waals surface area contributed by atoms with Gasteiger partial charge in [0.1, 0.15) is 0 Å². The van der Waals surface area contributed by atoms with Crippen molar-refractivity contribution in [3.05, 3.63) is 29.8 Å². The molecule has 18 heavy (non-hydrogen) atoms. The Kier molecular flexibility index (Phi) is 6.10. The first-order valence-electron chi connectivity index (χ1n) is 5.51. The molecule has 0 unspecified atom stereocenters. The Balaban J connectivity index is 2.56. The first-order valence-corrected chi connectivity index (χ1v) is 5.92. The Morgan fingerprint density at radius 1 is 1.50 bits per heavy atom. The van der Waals surface area contributed by atoms with Crippen molar-refractivity contribution in [3.8, 4) is 0 Å². The molecule has 0 aliphatic rings. The van der Waals surface area contributed by atoms with Gasteiger partial charge in [-0.25, -0.2) is 4.79 Å². The Labute approximate surface area is 111 Å². The van der Waals surface area contributed by atoms with Crippen LogP contribution in [-0.4, -0.2) is 36.4 Å². The standard InChI is InChI=1S/C12H16N2O3S/c1-17-11(16)9-4-2-5-10(8-9)14-12(18)13-6-3-7-15/h2,4-5,8,15H,3,6-7H2,1H3,(H2,13,14,18). The molecule has 0 radical (unpaired) electrons. The van der Waals surface area contributed by atoms with E-state index in [0.29, 0.717) is 29.3 Å². The summed E-state index contributed by atoms with van der Waals surface area (Å²) in [5.41, 5.74) is 1.17. The van der Waals surface area contributed by atoms with Crippen LogP contribution in [0.25, 0.3) is 0 Å². The molecule has 0 amide bonds. The van der Waals surface area contributed by atoms with Gasteiger partial charge < -0.3 is 20.5 Å². The zero-order valence-corrected chi connectivity index (χ0v) is 10.9. The van der Waals surface area contributed by atoms with E-state index in [1.807, 2.05) is 0 Å². The Morgan fingerprint density at radius 2 is 2.28 bits per heavy atom. The summed E-state index contributed by atoms with van der Waals surface area (Å²) in [6.07, 6.45) is 0.629. The number of aliphatic hydroxyl groups excluding tert-OH is 1. The lowest BCUT2D eigenvalue weighted by Crippen LogP contribution is -2.29. The van der Waals surface area contributed by atoms with Gasteiger partial charge in [0, 0.05) is 18.8 Å². The molecule has 0 spiro atoms. The van der Waals surface area contributed by atoms with Crippen LogP contribution in [0.5, 0.6) is 0 Å². The van der Waals surface area contributed by atoms with Crippen LogP contribution in [0, 0.1) is 0 Å². The number of methoxy groups -OCH3 is 1. The molecule has 0 aromatic heterocycles. The van der Waals surface area contributed by atoms with E-state index in [-0.39, 0.29) is 6.61 Å². The Hall–Kier alpha value is -1.66. The Bertz CT molecular complexity index is 424. The number of ether oxygens (including phenoxy) is 1. The molecule has 0 saturated heterocycles. The summed E-state index contributed by atoms with van der Waals surface area (Å²) in [5, 5.41) is 15.0. The van der Waals surface area contributed by atoms with Crippen molar-refractivity contribution in [2.45, 2.75) is 6.42 Å². The molecule has 1 aromatic carbocycles. The number of hydrogen-bond acceptors (Lipinski definition) is 4. The second-order valence-corrected chi connectivity index (χ2v) is 3.94. The number of rotatable bonds is 5. The van der Waals surface area contributed by atoms with Crippen molar-refractivity contribution in [3.63, 3.8) is 0 Å². The molecule has 0 aliphatic carbocycles. The zero-order chi connectivity index (χ0) is 13.4. The van der Waals surface area contributed by atoms with Crippen LogP contribution >= 0.6 is 12.2 Å². The number of carbonyl (C=O) groups is 1. The maximum Gasteiger partial charge on any atom is 0.337 e. The van der Waals surface area contributed by atoms with Crippen LogP contribution in [0.4, 0.5) is 5.69 Å². The molecular formula is C12H16N2O3S. The summed E-state index contributed by atoms with van der Waals surface area (Å²) in [7, 11) is 1.34. The molecule has 3 N–H and O–H groups in total. The van der Waals surface area contributed by atoms with Crippen molar-refractivity contribution in [2.24, 2.45) is 0 Å². The van der Waals surface area contributed by atoms with Crippen molar-refractivity contribution in [1.29, 1.82) is 0 Å². The summed E-state index contributed by atoms with van der Waals surface area (Å²) in [4.78, 5) is 11.3. The lowest BCUT2D eigenvalue weighted by Gasteiger charge is -2.10. The van der Waals surface area contributed by atoms with Gasteiger partial charge in [-0.15, -0.1) is 0 Å². The number of carbonyl (C=O) groups excluding carboxylic acids is 1. The minimum atomic E-state index is -0.391. The van der Waals surface area contributed by atoms with E-state index in [4.69, 9.17) is 17.3 Å². The van der Waals surface area contributed by atoms with E-state index in [2.05, 4.69) is 15.4 Å². The van der Waals surface area contributed by atoms with Crippen LogP contribution in [0.1, 0.15) is 16.8 Å². The maximum absolute atomic E-state index is 11.3. The molecule has 0 heterocycles. The van der Waals surface area contributed by atoms with Crippen LogP contribution in [0.2, 0.25) is 0 Å². The SMILES string of the molecule is COC(=O)c1cccc(NC(=S)NCCCO)c1. The summed E-state index contributed by atoms with van der Waals surface area (Å²) in [6.45, 7) is 0.715. The first kappa shape index (κ1) is 14.4. The minimum Gasteiger partial charge on any atom is -0.465 e. The number of nitrogens with one attached hydrogen (secondary N) is 2. The van der Waals surface area contributed by atoms with Gasteiger partial charge in [0.2, 0.25) is 0 Å². The fraction of sp³-hybridized carbons (Fsp3) is 0.333.